The molecule has 0 aliphatic rings. The minimum Gasteiger partial charge on any atom is -0.469 e. The molecule has 18 heavy (non-hydrogen) atoms. The summed E-state index contributed by atoms with van der Waals surface area (Å²) in [4.78, 5) is 13.9. The van der Waals surface area contributed by atoms with Crippen LogP contribution in [0.25, 0.3) is 0 Å². The van der Waals surface area contributed by atoms with Gasteiger partial charge in [-0.1, -0.05) is 34.1 Å². The molecule has 0 aliphatic carbocycles. The molecule has 2 rings (SSSR count). The van der Waals surface area contributed by atoms with Gasteiger partial charge in [-0.2, -0.15) is 0 Å². The average molecular weight is 308 g/mol. The maximum absolute atomic E-state index is 12.2. The van der Waals surface area contributed by atoms with E-state index in [9.17, 15) is 4.79 Å². The molecule has 1 aromatic carbocycles. The Balaban J connectivity index is 2.14. The molecule has 0 fully saturated rings. The number of rotatable bonds is 3. The Morgan fingerprint density at radius 3 is 2.67 bits per heavy atom. The van der Waals surface area contributed by atoms with E-state index in [1.165, 1.54) is 6.26 Å². The topological polar surface area (TPSA) is 33.5 Å². The van der Waals surface area contributed by atoms with Gasteiger partial charge in [0.15, 0.2) is 0 Å². The van der Waals surface area contributed by atoms with Gasteiger partial charge in [-0.15, -0.1) is 0 Å². The maximum atomic E-state index is 12.2. The number of carbonyl (C=O) groups is 1. The van der Waals surface area contributed by atoms with Crippen LogP contribution in [0.1, 0.15) is 21.7 Å². The second-order valence-electron chi connectivity index (χ2n) is 4.14. The first kappa shape index (κ1) is 12.9. The van der Waals surface area contributed by atoms with Crippen LogP contribution < -0.4 is 0 Å². The lowest BCUT2D eigenvalue weighted by atomic mass is 10.2. The van der Waals surface area contributed by atoms with E-state index in [1.807, 2.05) is 24.3 Å². The molecule has 94 valence electrons. The van der Waals surface area contributed by atoms with Crippen LogP contribution in [0.2, 0.25) is 0 Å². The van der Waals surface area contributed by atoms with Gasteiger partial charge >= 0.3 is 0 Å². The van der Waals surface area contributed by atoms with Gasteiger partial charge in [0.25, 0.3) is 5.91 Å². The monoisotopic (exact) mass is 307 g/mol. The molecule has 0 N–H and O–H groups in total. The molecule has 1 amide bonds. The SMILES string of the molecule is Cc1occc1C(=O)N(C)Cc1ccccc1Br. The lowest BCUT2D eigenvalue weighted by Gasteiger charge is -2.17. The number of nitrogens with zero attached hydrogens (tertiary/aromatic N) is 1. The summed E-state index contributed by atoms with van der Waals surface area (Å²) in [5.41, 5.74) is 1.69. The Morgan fingerprint density at radius 1 is 1.33 bits per heavy atom. The van der Waals surface area contributed by atoms with E-state index in [-0.39, 0.29) is 5.91 Å². The summed E-state index contributed by atoms with van der Waals surface area (Å²) >= 11 is 3.48. The van der Waals surface area contributed by atoms with Gasteiger partial charge in [-0.25, -0.2) is 0 Å². The van der Waals surface area contributed by atoms with Gasteiger partial charge in [0, 0.05) is 18.1 Å². The molecule has 0 atom stereocenters. The number of furan rings is 1. The first-order chi connectivity index (χ1) is 8.59. The van der Waals surface area contributed by atoms with Gasteiger partial charge in [0.2, 0.25) is 0 Å². The van der Waals surface area contributed by atoms with Crippen LogP contribution in [-0.2, 0) is 6.54 Å². The van der Waals surface area contributed by atoms with Gasteiger partial charge in [-0.05, 0) is 24.6 Å². The zero-order chi connectivity index (χ0) is 13.1. The summed E-state index contributed by atoms with van der Waals surface area (Å²) < 4.78 is 6.16. The maximum Gasteiger partial charge on any atom is 0.257 e. The summed E-state index contributed by atoms with van der Waals surface area (Å²) in [5.74, 6) is 0.621. The smallest absolute Gasteiger partial charge is 0.257 e. The Kier molecular flexibility index (Phi) is 3.87. The Hall–Kier alpha value is -1.55. The summed E-state index contributed by atoms with van der Waals surface area (Å²) in [5, 5.41) is 0. The number of hydrogen-bond donors (Lipinski definition) is 0. The number of halogens is 1. The quantitative estimate of drug-likeness (QED) is 0.867. The summed E-state index contributed by atoms with van der Waals surface area (Å²) in [6, 6.07) is 9.58. The fourth-order valence-corrected chi connectivity index (χ4v) is 2.18. The van der Waals surface area contributed by atoms with Gasteiger partial charge in [0.1, 0.15) is 5.76 Å². The molecule has 1 aromatic heterocycles. The van der Waals surface area contributed by atoms with Gasteiger partial charge < -0.3 is 9.32 Å². The minimum atomic E-state index is -0.0306. The summed E-state index contributed by atoms with van der Waals surface area (Å²) in [7, 11) is 1.79. The Bertz CT molecular complexity index is 562. The number of hydrogen-bond acceptors (Lipinski definition) is 2. The number of amides is 1. The first-order valence-corrected chi connectivity index (χ1v) is 6.42. The van der Waals surface area contributed by atoms with Crippen LogP contribution in [0, 0.1) is 6.92 Å². The highest BCUT2D eigenvalue weighted by atomic mass is 79.9. The van der Waals surface area contributed by atoms with Crippen molar-refractivity contribution in [2.75, 3.05) is 7.05 Å². The third kappa shape index (κ3) is 2.64. The van der Waals surface area contributed by atoms with E-state index in [1.54, 1.807) is 24.9 Å². The zero-order valence-electron chi connectivity index (χ0n) is 10.3. The molecular formula is C14H14BrNO2. The van der Waals surface area contributed by atoms with Crippen molar-refractivity contribution in [2.24, 2.45) is 0 Å². The lowest BCUT2D eigenvalue weighted by molar-refractivity contribution is 0.0783. The van der Waals surface area contributed by atoms with E-state index < -0.39 is 0 Å². The first-order valence-electron chi connectivity index (χ1n) is 5.62. The molecule has 0 aliphatic heterocycles. The van der Waals surface area contributed by atoms with E-state index >= 15 is 0 Å². The summed E-state index contributed by atoms with van der Waals surface area (Å²) in [6.07, 6.45) is 1.54. The predicted octanol–water partition coefficient (Wildman–Crippen LogP) is 3.62. The van der Waals surface area contributed by atoms with E-state index in [0.29, 0.717) is 17.9 Å². The van der Waals surface area contributed by atoms with Crippen molar-refractivity contribution in [3.63, 3.8) is 0 Å². The van der Waals surface area contributed by atoms with Crippen molar-refractivity contribution in [3.8, 4) is 0 Å². The number of aryl methyl sites for hydroxylation is 1. The van der Waals surface area contributed by atoms with Crippen molar-refractivity contribution in [1.29, 1.82) is 0 Å². The van der Waals surface area contributed by atoms with Crippen LogP contribution in [0.3, 0.4) is 0 Å². The van der Waals surface area contributed by atoms with Crippen molar-refractivity contribution in [3.05, 3.63) is 58.0 Å². The molecule has 0 saturated carbocycles. The molecule has 0 spiro atoms. The molecule has 0 radical (unpaired) electrons. The number of benzene rings is 1. The van der Waals surface area contributed by atoms with E-state index in [4.69, 9.17) is 4.42 Å². The average Bonchev–Trinajstić information content (AvgIpc) is 2.77. The van der Waals surface area contributed by atoms with Gasteiger partial charge in [-0.3, -0.25) is 4.79 Å². The molecule has 4 heteroatoms. The zero-order valence-corrected chi connectivity index (χ0v) is 11.9. The van der Waals surface area contributed by atoms with Gasteiger partial charge in [0.05, 0.1) is 11.8 Å². The predicted molar refractivity (Wildman–Crippen MR) is 73.4 cm³/mol. The summed E-state index contributed by atoms with van der Waals surface area (Å²) in [6.45, 7) is 2.35. The third-order valence-corrected chi connectivity index (χ3v) is 3.57. The standard InChI is InChI=1S/C14H14BrNO2/c1-10-12(7-8-18-10)14(17)16(2)9-11-5-3-4-6-13(11)15/h3-8H,9H2,1-2H3. The fourth-order valence-electron chi connectivity index (χ4n) is 1.77. The van der Waals surface area contributed by atoms with Crippen LogP contribution in [0.15, 0.2) is 45.5 Å². The second kappa shape index (κ2) is 5.40. The molecular weight excluding hydrogens is 294 g/mol. The molecule has 0 unspecified atom stereocenters. The largest absolute Gasteiger partial charge is 0.469 e. The van der Waals surface area contributed by atoms with Crippen molar-refractivity contribution >= 4 is 21.8 Å². The van der Waals surface area contributed by atoms with E-state index in [2.05, 4.69) is 15.9 Å². The lowest BCUT2D eigenvalue weighted by Crippen LogP contribution is -2.26. The van der Waals surface area contributed by atoms with Crippen LogP contribution >= 0.6 is 15.9 Å². The highest BCUT2D eigenvalue weighted by Crippen LogP contribution is 2.19. The van der Waals surface area contributed by atoms with Crippen LogP contribution in [0.5, 0.6) is 0 Å². The second-order valence-corrected chi connectivity index (χ2v) is 5.00. The van der Waals surface area contributed by atoms with E-state index in [0.717, 1.165) is 10.0 Å². The molecule has 0 saturated heterocycles. The molecule has 2 aromatic rings. The van der Waals surface area contributed by atoms with Crippen LogP contribution in [-0.4, -0.2) is 17.9 Å². The molecule has 0 bridgehead atoms. The number of carbonyl (C=O) groups excluding carboxylic acids is 1. The highest BCUT2D eigenvalue weighted by Gasteiger charge is 2.16. The highest BCUT2D eigenvalue weighted by molar-refractivity contribution is 9.10. The fraction of sp³-hybridized carbons (Fsp3) is 0.214. The normalized spacial score (nSPS) is 10.4. The van der Waals surface area contributed by atoms with Crippen molar-refractivity contribution in [1.82, 2.24) is 4.90 Å². The van der Waals surface area contributed by atoms with Crippen molar-refractivity contribution in [2.45, 2.75) is 13.5 Å². The Morgan fingerprint density at radius 2 is 2.06 bits per heavy atom. The van der Waals surface area contributed by atoms with Crippen LogP contribution in [0.4, 0.5) is 0 Å². The van der Waals surface area contributed by atoms with Crippen molar-refractivity contribution < 1.29 is 9.21 Å². The molecule has 1 heterocycles. The Labute approximate surface area is 115 Å². The third-order valence-electron chi connectivity index (χ3n) is 2.80. The minimum absolute atomic E-state index is 0.0306. The molecule has 3 nitrogen and oxygen atoms in total.